The van der Waals surface area contributed by atoms with Gasteiger partial charge in [-0.3, -0.25) is 0 Å². The fraction of sp³-hybridized carbons (Fsp3) is 0.714. The van der Waals surface area contributed by atoms with Crippen LogP contribution in [0, 0.1) is 0 Å². The Kier molecular flexibility index (Phi) is 7.94. The second-order valence-electron chi connectivity index (χ2n) is 4.93. The van der Waals surface area contributed by atoms with E-state index in [1.54, 1.807) is 6.07 Å². The average molecular weight is 381 g/mol. The van der Waals surface area contributed by atoms with Crippen molar-refractivity contribution >= 4 is 26.0 Å². The third-order valence-electron chi connectivity index (χ3n) is 3.00. The zero-order valence-electron chi connectivity index (χ0n) is 13.0. The SMILES string of the molecule is CCCNCc1cc(S(=O)(=O)N(CCC)CCC)c(Br)o1. The molecule has 0 unspecified atom stereocenters. The molecule has 0 amide bonds. The molecule has 122 valence electrons. The van der Waals surface area contributed by atoms with Gasteiger partial charge < -0.3 is 9.73 Å². The fourth-order valence-electron chi connectivity index (χ4n) is 2.04. The molecule has 1 aromatic heterocycles. The second-order valence-corrected chi connectivity index (χ2v) is 7.56. The predicted octanol–water partition coefficient (Wildman–Crippen LogP) is 3.35. The van der Waals surface area contributed by atoms with Crippen molar-refractivity contribution in [3.63, 3.8) is 0 Å². The lowest BCUT2D eigenvalue weighted by atomic mass is 10.4. The Morgan fingerprint density at radius 3 is 2.33 bits per heavy atom. The molecule has 5 nitrogen and oxygen atoms in total. The lowest BCUT2D eigenvalue weighted by molar-refractivity contribution is 0.407. The molecule has 0 spiro atoms. The molecule has 0 radical (unpaired) electrons. The standard InChI is InChI=1S/C14H25BrN2O3S/c1-4-7-16-11-12-10-13(14(15)20-12)21(18,19)17(8-5-2)9-6-3/h10,16H,4-9,11H2,1-3H3. The molecule has 0 saturated carbocycles. The molecule has 0 aromatic carbocycles. The molecular formula is C14H25BrN2O3S. The number of nitrogens with one attached hydrogen (secondary N) is 1. The van der Waals surface area contributed by atoms with Crippen LogP contribution in [0.3, 0.4) is 0 Å². The van der Waals surface area contributed by atoms with E-state index in [-0.39, 0.29) is 9.56 Å². The smallest absolute Gasteiger partial charge is 0.247 e. The summed E-state index contributed by atoms with van der Waals surface area (Å²) in [5, 5.41) is 3.20. The van der Waals surface area contributed by atoms with E-state index in [0.717, 1.165) is 25.8 Å². The molecule has 0 fully saturated rings. The number of furan rings is 1. The quantitative estimate of drug-likeness (QED) is 0.632. The van der Waals surface area contributed by atoms with Gasteiger partial charge in [-0.15, -0.1) is 0 Å². The number of halogens is 1. The zero-order chi connectivity index (χ0) is 15.9. The zero-order valence-corrected chi connectivity index (χ0v) is 15.4. The molecular weight excluding hydrogens is 356 g/mol. The second kappa shape index (κ2) is 8.92. The van der Waals surface area contributed by atoms with Crippen molar-refractivity contribution < 1.29 is 12.8 Å². The van der Waals surface area contributed by atoms with Crippen LogP contribution >= 0.6 is 15.9 Å². The summed E-state index contributed by atoms with van der Waals surface area (Å²) in [5.41, 5.74) is 0. The maximum absolute atomic E-state index is 12.7. The Hall–Kier alpha value is -0.370. The molecule has 0 aliphatic carbocycles. The van der Waals surface area contributed by atoms with E-state index in [9.17, 15) is 8.42 Å². The van der Waals surface area contributed by atoms with Gasteiger partial charge in [-0.2, -0.15) is 4.31 Å². The highest BCUT2D eigenvalue weighted by Gasteiger charge is 2.28. The third kappa shape index (κ3) is 5.09. The van der Waals surface area contributed by atoms with Gasteiger partial charge in [0.25, 0.3) is 0 Å². The van der Waals surface area contributed by atoms with Gasteiger partial charge in [0.05, 0.1) is 6.54 Å². The third-order valence-corrected chi connectivity index (χ3v) is 5.75. The summed E-state index contributed by atoms with van der Waals surface area (Å²) < 4.78 is 32.7. The van der Waals surface area contributed by atoms with E-state index in [2.05, 4.69) is 28.2 Å². The van der Waals surface area contributed by atoms with Crippen LogP contribution in [0.4, 0.5) is 0 Å². The van der Waals surface area contributed by atoms with E-state index in [4.69, 9.17) is 4.42 Å². The summed E-state index contributed by atoms with van der Waals surface area (Å²) in [5.74, 6) is 0.627. The van der Waals surface area contributed by atoms with Crippen molar-refractivity contribution in [1.82, 2.24) is 9.62 Å². The molecule has 0 atom stereocenters. The van der Waals surface area contributed by atoms with Crippen molar-refractivity contribution in [2.75, 3.05) is 19.6 Å². The highest BCUT2D eigenvalue weighted by atomic mass is 79.9. The van der Waals surface area contributed by atoms with Gasteiger partial charge in [0, 0.05) is 19.2 Å². The minimum atomic E-state index is -3.50. The van der Waals surface area contributed by atoms with Gasteiger partial charge in [0.15, 0.2) is 4.67 Å². The van der Waals surface area contributed by atoms with Crippen LogP contribution in [0.2, 0.25) is 0 Å². The van der Waals surface area contributed by atoms with Crippen molar-refractivity contribution in [3.8, 4) is 0 Å². The molecule has 1 rings (SSSR count). The molecule has 21 heavy (non-hydrogen) atoms. The summed E-state index contributed by atoms with van der Waals surface area (Å²) in [6.07, 6.45) is 2.60. The van der Waals surface area contributed by atoms with Gasteiger partial charge in [0.1, 0.15) is 10.7 Å². The predicted molar refractivity (Wildman–Crippen MR) is 87.7 cm³/mol. The first kappa shape index (κ1) is 18.7. The average Bonchev–Trinajstić information content (AvgIpc) is 2.81. The topological polar surface area (TPSA) is 62.6 Å². The van der Waals surface area contributed by atoms with Crippen LogP contribution in [-0.4, -0.2) is 32.4 Å². The lowest BCUT2D eigenvalue weighted by Crippen LogP contribution is -2.32. The van der Waals surface area contributed by atoms with Gasteiger partial charge >= 0.3 is 0 Å². The monoisotopic (exact) mass is 380 g/mol. The minimum absolute atomic E-state index is 0.220. The van der Waals surface area contributed by atoms with Crippen molar-refractivity contribution in [1.29, 1.82) is 0 Å². The van der Waals surface area contributed by atoms with E-state index < -0.39 is 10.0 Å². The van der Waals surface area contributed by atoms with Crippen LogP contribution in [0.1, 0.15) is 45.8 Å². The van der Waals surface area contributed by atoms with Gasteiger partial charge in [-0.25, -0.2) is 8.42 Å². The van der Waals surface area contributed by atoms with Crippen LogP contribution < -0.4 is 5.32 Å². The highest BCUT2D eigenvalue weighted by molar-refractivity contribution is 9.10. The Balaban J connectivity index is 2.96. The fourth-order valence-corrected chi connectivity index (χ4v) is 4.62. The molecule has 0 bridgehead atoms. The maximum Gasteiger partial charge on any atom is 0.247 e. The molecule has 7 heteroatoms. The molecule has 1 N–H and O–H groups in total. The number of sulfonamides is 1. The summed E-state index contributed by atoms with van der Waals surface area (Å²) in [7, 11) is -3.50. The Labute approximate surface area is 136 Å². The van der Waals surface area contributed by atoms with Crippen LogP contribution in [-0.2, 0) is 16.6 Å². The van der Waals surface area contributed by atoms with Gasteiger partial charge in [0.2, 0.25) is 10.0 Å². The molecule has 0 aliphatic rings. The summed E-state index contributed by atoms with van der Waals surface area (Å²) >= 11 is 3.23. The van der Waals surface area contributed by atoms with Crippen molar-refractivity contribution in [3.05, 3.63) is 16.5 Å². The van der Waals surface area contributed by atoms with Crippen LogP contribution in [0.15, 0.2) is 20.0 Å². The Bertz CT molecular complexity index is 522. The van der Waals surface area contributed by atoms with E-state index in [0.29, 0.717) is 25.4 Å². The summed E-state index contributed by atoms with van der Waals surface area (Å²) in [6, 6.07) is 1.61. The first-order valence-corrected chi connectivity index (χ1v) is 9.69. The van der Waals surface area contributed by atoms with Crippen molar-refractivity contribution in [2.24, 2.45) is 0 Å². The van der Waals surface area contributed by atoms with Crippen LogP contribution in [0.5, 0.6) is 0 Å². The summed E-state index contributed by atoms with van der Waals surface area (Å²) in [6.45, 7) is 8.48. The Morgan fingerprint density at radius 1 is 1.19 bits per heavy atom. The largest absolute Gasteiger partial charge is 0.452 e. The first-order valence-electron chi connectivity index (χ1n) is 7.46. The molecule has 0 saturated heterocycles. The number of hydrogen-bond donors (Lipinski definition) is 1. The van der Waals surface area contributed by atoms with E-state index in [1.807, 2.05) is 13.8 Å². The number of nitrogens with zero attached hydrogens (tertiary/aromatic N) is 1. The normalized spacial score (nSPS) is 12.2. The first-order chi connectivity index (χ1) is 9.97. The highest BCUT2D eigenvalue weighted by Crippen LogP contribution is 2.29. The van der Waals surface area contributed by atoms with E-state index in [1.165, 1.54) is 4.31 Å². The Morgan fingerprint density at radius 2 is 1.81 bits per heavy atom. The molecule has 0 aliphatic heterocycles. The minimum Gasteiger partial charge on any atom is -0.452 e. The van der Waals surface area contributed by atoms with Gasteiger partial charge in [-0.05, 0) is 41.7 Å². The van der Waals surface area contributed by atoms with E-state index >= 15 is 0 Å². The summed E-state index contributed by atoms with van der Waals surface area (Å²) in [4.78, 5) is 0.220. The lowest BCUT2D eigenvalue weighted by Gasteiger charge is -2.20. The molecule has 1 aromatic rings. The number of rotatable bonds is 10. The van der Waals surface area contributed by atoms with Crippen LogP contribution in [0.25, 0.3) is 0 Å². The number of hydrogen-bond acceptors (Lipinski definition) is 4. The molecule has 1 heterocycles. The maximum atomic E-state index is 12.7. The van der Waals surface area contributed by atoms with Gasteiger partial charge in [-0.1, -0.05) is 20.8 Å². The van der Waals surface area contributed by atoms with Crippen molar-refractivity contribution in [2.45, 2.75) is 51.5 Å².